The molecule has 0 radical (unpaired) electrons. The molecule has 0 aromatic carbocycles. The summed E-state index contributed by atoms with van der Waals surface area (Å²) >= 11 is 0. The molecule has 1 N–H and O–H groups in total. The van der Waals surface area contributed by atoms with Crippen LogP contribution in [-0.2, 0) is 13.6 Å². The Bertz CT molecular complexity index is 942. The molecule has 2 bridgehead atoms. The Labute approximate surface area is 236 Å². The van der Waals surface area contributed by atoms with Gasteiger partial charge in [0.1, 0.15) is 0 Å². The van der Waals surface area contributed by atoms with Crippen molar-refractivity contribution in [1.82, 2.24) is 0 Å². The van der Waals surface area contributed by atoms with Crippen molar-refractivity contribution in [3.63, 3.8) is 0 Å². The van der Waals surface area contributed by atoms with Crippen LogP contribution in [0.5, 0.6) is 0 Å². The number of unbranched alkanes of at least 4 members (excludes halogenated alkanes) is 1. The standard InChI is InChI=1S/C32H58O4Si2/c1-12-13-15-24-20-25-16-14-18-30-19-17-27(36-30)31(26(24)21-33,22-34-37(8,9)28(2,3)4)32(25,30)23-35-38(10,11)29(5,6)7/h17,19-20,24,26-27,33H,12-16,18,21-23H2,1-11H3/t24-,26-,27+,30-,31+,32-/m0/s1. The van der Waals surface area contributed by atoms with Crippen molar-refractivity contribution in [2.24, 2.45) is 22.7 Å². The molecule has 0 aromatic rings. The Morgan fingerprint density at radius 2 is 1.61 bits per heavy atom. The summed E-state index contributed by atoms with van der Waals surface area (Å²) in [5.74, 6) is 0.450. The first-order valence-electron chi connectivity index (χ1n) is 15.4. The summed E-state index contributed by atoms with van der Waals surface area (Å²) in [6, 6.07) is 0. The molecule has 1 saturated carbocycles. The number of ether oxygens (including phenoxy) is 1. The van der Waals surface area contributed by atoms with Gasteiger partial charge in [-0.05, 0) is 73.8 Å². The molecule has 4 nitrogen and oxygen atoms in total. The van der Waals surface area contributed by atoms with E-state index in [1.165, 1.54) is 12.8 Å². The maximum Gasteiger partial charge on any atom is 0.192 e. The van der Waals surface area contributed by atoms with Gasteiger partial charge in [-0.2, -0.15) is 0 Å². The molecule has 0 amide bonds. The number of fused-ring (bicyclic) bond motifs is 2. The second kappa shape index (κ2) is 9.94. The van der Waals surface area contributed by atoms with Gasteiger partial charge in [-0.15, -0.1) is 0 Å². The predicted octanol–water partition coefficient (Wildman–Crippen LogP) is 8.25. The van der Waals surface area contributed by atoms with E-state index in [1.807, 2.05) is 0 Å². The lowest BCUT2D eigenvalue weighted by Gasteiger charge is -2.63. The van der Waals surface area contributed by atoms with Gasteiger partial charge in [0.25, 0.3) is 0 Å². The molecule has 0 aromatic heterocycles. The average molecular weight is 563 g/mol. The Morgan fingerprint density at radius 3 is 2.16 bits per heavy atom. The molecule has 2 heterocycles. The summed E-state index contributed by atoms with van der Waals surface area (Å²) in [5.41, 5.74) is 0.575. The largest absolute Gasteiger partial charge is 0.416 e. The van der Waals surface area contributed by atoms with Gasteiger partial charge in [0.15, 0.2) is 16.6 Å². The van der Waals surface area contributed by atoms with Gasteiger partial charge in [-0.1, -0.05) is 85.1 Å². The third kappa shape index (κ3) is 4.34. The second-order valence-corrected chi connectivity index (χ2v) is 25.6. The number of hydrogen-bond acceptors (Lipinski definition) is 4. The van der Waals surface area contributed by atoms with Gasteiger partial charge in [0.2, 0.25) is 0 Å². The highest BCUT2D eigenvalue weighted by atomic mass is 28.4. The maximum absolute atomic E-state index is 11.2. The highest BCUT2D eigenvalue weighted by Gasteiger charge is 2.79. The van der Waals surface area contributed by atoms with Crippen LogP contribution in [0.3, 0.4) is 0 Å². The van der Waals surface area contributed by atoms with E-state index in [4.69, 9.17) is 13.6 Å². The topological polar surface area (TPSA) is 47.9 Å². The van der Waals surface area contributed by atoms with Crippen molar-refractivity contribution in [3.8, 4) is 0 Å². The van der Waals surface area contributed by atoms with E-state index in [1.54, 1.807) is 5.57 Å². The summed E-state index contributed by atoms with van der Waals surface area (Å²) in [5, 5.41) is 11.5. The number of allylic oxidation sites excluding steroid dienone is 1. The summed E-state index contributed by atoms with van der Waals surface area (Å²) in [4.78, 5) is 0. The number of aliphatic hydroxyl groups excluding tert-OH is 1. The summed E-state index contributed by atoms with van der Waals surface area (Å²) in [6.07, 6.45) is 14.0. The molecule has 6 atom stereocenters. The molecule has 218 valence electrons. The zero-order valence-electron chi connectivity index (χ0n) is 26.5. The molecule has 1 spiro atoms. The van der Waals surface area contributed by atoms with E-state index in [9.17, 15) is 5.11 Å². The zero-order valence-corrected chi connectivity index (χ0v) is 28.5. The molecule has 2 aliphatic carbocycles. The predicted molar refractivity (Wildman–Crippen MR) is 163 cm³/mol. The normalized spacial score (nSPS) is 36.9. The summed E-state index contributed by atoms with van der Waals surface area (Å²) in [7, 11) is -4.07. The number of aliphatic hydroxyl groups is 1. The van der Waals surface area contributed by atoms with Gasteiger partial charge in [-0.3, -0.25) is 0 Å². The molecule has 1 saturated heterocycles. The lowest BCUT2D eigenvalue weighted by molar-refractivity contribution is -0.115. The van der Waals surface area contributed by atoms with E-state index in [-0.39, 0.29) is 45.1 Å². The fourth-order valence-electron chi connectivity index (χ4n) is 7.60. The Hall–Kier alpha value is -0.246. The van der Waals surface area contributed by atoms with E-state index in [2.05, 4.69) is 92.9 Å². The van der Waals surface area contributed by atoms with Crippen molar-refractivity contribution in [2.45, 2.75) is 135 Å². The minimum Gasteiger partial charge on any atom is -0.416 e. The molecule has 6 heteroatoms. The fourth-order valence-corrected chi connectivity index (χ4v) is 9.64. The molecule has 2 aliphatic heterocycles. The van der Waals surface area contributed by atoms with Crippen molar-refractivity contribution in [3.05, 3.63) is 23.8 Å². The average Bonchev–Trinajstić information content (AvgIpc) is 3.33. The zero-order chi connectivity index (χ0) is 28.4. The van der Waals surface area contributed by atoms with Crippen LogP contribution in [0, 0.1) is 22.7 Å². The van der Waals surface area contributed by atoms with Crippen LogP contribution >= 0.6 is 0 Å². The van der Waals surface area contributed by atoms with Gasteiger partial charge in [0, 0.05) is 25.2 Å². The van der Waals surface area contributed by atoms with E-state index in [0.717, 1.165) is 25.7 Å². The van der Waals surface area contributed by atoms with E-state index < -0.39 is 16.6 Å². The lowest BCUT2D eigenvalue weighted by Crippen LogP contribution is -2.68. The third-order valence-corrected chi connectivity index (χ3v) is 21.0. The van der Waals surface area contributed by atoms with Crippen LogP contribution in [0.25, 0.3) is 0 Å². The van der Waals surface area contributed by atoms with E-state index in [0.29, 0.717) is 19.1 Å². The maximum atomic E-state index is 11.2. The summed E-state index contributed by atoms with van der Waals surface area (Å²) < 4.78 is 21.6. The van der Waals surface area contributed by atoms with Crippen LogP contribution in [0.1, 0.15) is 87.0 Å². The molecule has 38 heavy (non-hydrogen) atoms. The minimum absolute atomic E-state index is 0.0432. The second-order valence-electron chi connectivity index (χ2n) is 16.0. The van der Waals surface area contributed by atoms with Crippen LogP contribution in [0.2, 0.25) is 36.3 Å². The van der Waals surface area contributed by atoms with Gasteiger partial charge < -0.3 is 18.7 Å². The SMILES string of the molecule is CCCC[C@H]1C=C2CCC[C@@]34C=C[C@@H](O3)[C@@](CO[Si](C)(C)C(C)(C)C)([C@H]1CO)[C@@]24CO[Si](C)(C)C(C)(C)C. The Balaban J connectivity index is 1.90. The van der Waals surface area contributed by atoms with Gasteiger partial charge in [-0.25, -0.2) is 0 Å². The van der Waals surface area contributed by atoms with Crippen LogP contribution < -0.4 is 0 Å². The molecule has 4 rings (SSSR count). The smallest absolute Gasteiger partial charge is 0.192 e. The summed E-state index contributed by atoms with van der Waals surface area (Å²) in [6.45, 7) is 27.2. The highest BCUT2D eigenvalue weighted by molar-refractivity contribution is 6.74. The lowest BCUT2D eigenvalue weighted by atomic mass is 9.40. The van der Waals surface area contributed by atoms with Crippen molar-refractivity contribution >= 4 is 16.6 Å². The van der Waals surface area contributed by atoms with Crippen LogP contribution in [0.4, 0.5) is 0 Å². The molecule has 2 fully saturated rings. The molecule has 0 unspecified atom stereocenters. The third-order valence-electron chi connectivity index (χ3n) is 12.1. The monoisotopic (exact) mass is 562 g/mol. The Morgan fingerprint density at radius 1 is 1.00 bits per heavy atom. The quantitative estimate of drug-likeness (QED) is 0.215. The minimum atomic E-state index is -2.05. The first-order chi connectivity index (χ1) is 17.4. The fraction of sp³-hybridized carbons (Fsp3) is 0.875. The van der Waals surface area contributed by atoms with Crippen molar-refractivity contribution in [1.29, 1.82) is 0 Å². The van der Waals surface area contributed by atoms with Gasteiger partial charge in [0.05, 0.1) is 17.1 Å². The van der Waals surface area contributed by atoms with Crippen molar-refractivity contribution < 1.29 is 18.7 Å². The van der Waals surface area contributed by atoms with Crippen LogP contribution in [-0.4, -0.2) is 53.3 Å². The number of rotatable bonds is 10. The molecular formula is C32H58O4Si2. The first kappa shape index (κ1) is 30.7. The van der Waals surface area contributed by atoms with Crippen LogP contribution in [0.15, 0.2) is 23.8 Å². The molecule has 4 aliphatic rings. The highest BCUT2D eigenvalue weighted by Crippen LogP contribution is 2.75. The first-order valence-corrected chi connectivity index (χ1v) is 21.2. The van der Waals surface area contributed by atoms with E-state index >= 15 is 0 Å². The number of hydrogen-bond donors (Lipinski definition) is 1. The Kier molecular flexibility index (Phi) is 8.03. The molecular weight excluding hydrogens is 505 g/mol. The van der Waals surface area contributed by atoms with Gasteiger partial charge >= 0.3 is 0 Å². The van der Waals surface area contributed by atoms with Crippen molar-refractivity contribution in [2.75, 3.05) is 19.8 Å².